The van der Waals surface area contributed by atoms with Crippen LogP contribution in [0.25, 0.3) is 0 Å². The molecule has 1 amide bonds. The maximum atomic E-state index is 13.5. The van der Waals surface area contributed by atoms with E-state index in [1.165, 1.54) is 19.4 Å². The Morgan fingerprint density at radius 1 is 1.40 bits per heavy atom. The summed E-state index contributed by atoms with van der Waals surface area (Å²) in [6, 6.07) is 8.16. The quantitative estimate of drug-likeness (QED) is 0.909. The van der Waals surface area contributed by atoms with Crippen molar-refractivity contribution in [3.63, 3.8) is 0 Å². The molecule has 0 aliphatic rings. The van der Waals surface area contributed by atoms with Crippen molar-refractivity contribution in [2.75, 3.05) is 13.7 Å². The molecule has 2 aromatic rings. The van der Waals surface area contributed by atoms with Gasteiger partial charge < -0.3 is 10.1 Å². The van der Waals surface area contributed by atoms with Gasteiger partial charge in [-0.05, 0) is 36.2 Å². The Bertz CT molecular complexity index is 588. The molecule has 1 aromatic heterocycles. The van der Waals surface area contributed by atoms with Crippen molar-refractivity contribution in [3.05, 3.63) is 59.7 Å². The average Bonchev–Trinajstić information content (AvgIpc) is 2.48. The Hall–Kier alpha value is -2.43. The van der Waals surface area contributed by atoms with Gasteiger partial charge in [0.25, 0.3) is 5.91 Å². The van der Waals surface area contributed by atoms with Crippen molar-refractivity contribution < 1.29 is 13.9 Å². The van der Waals surface area contributed by atoms with Crippen LogP contribution in [0.3, 0.4) is 0 Å². The predicted octanol–water partition coefficient (Wildman–Crippen LogP) is 2.20. The molecule has 20 heavy (non-hydrogen) atoms. The zero-order chi connectivity index (χ0) is 14.4. The number of carbonyl (C=O) groups excluding carboxylic acids is 1. The number of nitrogens with one attached hydrogen (secondary N) is 1. The van der Waals surface area contributed by atoms with Crippen molar-refractivity contribution in [1.29, 1.82) is 0 Å². The summed E-state index contributed by atoms with van der Waals surface area (Å²) in [6.45, 7) is 0.430. The highest BCUT2D eigenvalue weighted by Crippen LogP contribution is 2.17. The molecular formula is C15H15FN2O2. The topological polar surface area (TPSA) is 51.2 Å². The van der Waals surface area contributed by atoms with Gasteiger partial charge in [0.15, 0.2) is 11.6 Å². The first-order valence-electron chi connectivity index (χ1n) is 6.21. The first kappa shape index (κ1) is 14.0. The van der Waals surface area contributed by atoms with Crippen LogP contribution in [-0.2, 0) is 6.42 Å². The molecule has 1 N–H and O–H groups in total. The van der Waals surface area contributed by atoms with Crippen molar-refractivity contribution >= 4 is 5.91 Å². The number of hydrogen-bond acceptors (Lipinski definition) is 3. The number of nitrogens with zero attached hydrogens (tertiary/aromatic N) is 1. The fourth-order valence-corrected chi connectivity index (χ4v) is 1.78. The van der Waals surface area contributed by atoms with Crippen LogP contribution < -0.4 is 10.1 Å². The second kappa shape index (κ2) is 6.65. The smallest absolute Gasteiger partial charge is 0.252 e. The van der Waals surface area contributed by atoms with Crippen molar-refractivity contribution in [2.24, 2.45) is 0 Å². The molecule has 104 valence electrons. The molecule has 1 aromatic carbocycles. The summed E-state index contributed by atoms with van der Waals surface area (Å²) in [5.41, 5.74) is 1.31. The van der Waals surface area contributed by atoms with Crippen LogP contribution >= 0.6 is 0 Å². The summed E-state index contributed by atoms with van der Waals surface area (Å²) < 4.78 is 18.3. The molecule has 0 unspecified atom stereocenters. The van der Waals surface area contributed by atoms with Gasteiger partial charge in [0.2, 0.25) is 0 Å². The maximum absolute atomic E-state index is 13.5. The Morgan fingerprint density at radius 2 is 2.25 bits per heavy atom. The van der Waals surface area contributed by atoms with Crippen LogP contribution in [0, 0.1) is 5.82 Å². The number of aromatic nitrogens is 1. The largest absolute Gasteiger partial charge is 0.494 e. The number of pyridine rings is 1. The molecule has 0 aliphatic carbocycles. The van der Waals surface area contributed by atoms with Gasteiger partial charge in [-0.25, -0.2) is 4.39 Å². The summed E-state index contributed by atoms with van der Waals surface area (Å²) in [4.78, 5) is 15.6. The Labute approximate surface area is 116 Å². The lowest BCUT2D eigenvalue weighted by Crippen LogP contribution is -2.25. The van der Waals surface area contributed by atoms with Gasteiger partial charge in [0.1, 0.15) is 0 Å². The molecule has 4 nitrogen and oxygen atoms in total. The standard InChI is InChI=1S/C15H15FN2O2/c1-20-14-5-4-11(9-13(14)16)6-8-18-15(19)12-3-2-7-17-10-12/h2-5,7,9-10H,6,8H2,1H3,(H,18,19). The normalized spacial score (nSPS) is 10.1. The van der Waals surface area contributed by atoms with E-state index in [1.807, 2.05) is 0 Å². The highest BCUT2D eigenvalue weighted by Gasteiger charge is 2.06. The lowest BCUT2D eigenvalue weighted by atomic mass is 10.1. The fraction of sp³-hybridized carbons (Fsp3) is 0.200. The summed E-state index contributed by atoms with van der Waals surface area (Å²) in [6.07, 6.45) is 3.66. The van der Waals surface area contributed by atoms with Gasteiger partial charge >= 0.3 is 0 Å². The number of ether oxygens (including phenoxy) is 1. The highest BCUT2D eigenvalue weighted by atomic mass is 19.1. The molecule has 5 heteroatoms. The average molecular weight is 274 g/mol. The molecular weight excluding hydrogens is 259 g/mol. The van der Waals surface area contributed by atoms with E-state index in [0.717, 1.165) is 5.56 Å². The van der Waals surface area contributed by atoms with E-state index in [4.69, 9.17) is 4.74 Å². The van der Waals surface area contributed by atoms with E-state index in [9.17, 15) is 9.18 Å². The first-order valence-corrected chi connectivity index (χ1v) is 6.21. The van der Waals surface area contributed by atoms with E-state index in [1.54, 1.807) is 30.5 Å². The van der Waals surface area contributed by atoms with Crippen molar-refractivity contribution in [2.45, 2.75) is 6.42 Å². The lowest BCUT2D eigenvalue weighted by Gasteiger charge is -2.07. The summed E-state index contributed by atoms with van der Waals surface area (Å²) >= 11 is 0. The van der Waals surface area contributed by atoms with Crippen LogP contribution in [0.5, 0.6) is 5.75 Å². The molecule has 0 bridgehead atoms. The van der Waals surface area contributed by atoms with Gasteiger partial charge in [-0.2, -0.15) is 0 Å². The molecule has 0 atom stereocenters. The molecule has 2 rings (SSSR count). The van der Waals surface area contributed by atoms with Gasteiger partial charge in [-0.3, -0.25) is 9.78 Å². The summed E-state index contributed by atoms with van der Waals surface area (Å²) in [7, 11) is 1.42. The minimum absolute atomic E-state index is 0.188. The number of rotatable bonds is 5. The molecule has 1 heterocycles. The molecule has 0 aliphatic heterocycles. The zero-order valence-electron chi connectivity index (χ0n) is 11.1. The number of amides is 1. The third-order valence-electron chi connectivity index (χ3n) is 2.84. The van der Waals surface area contributed by atoms with Gasteiger partial charge in [-0.1, -0.05) is 6.07 Å². The van der Waals surface area contributed by atoms with E-state index in [-0.39, 0.29) is 11.7 Å². The first-order chi connectivity index (χ1) is 9.70. The van der Waals surface area contributed by atoms with Crippen LogP contribution in [0.1, 0.15) is 15.9 Å². The van der Waals surface area contributed by atoms with Crippen LogP contribution in [0.2, 0.25) is 0 Å². The van der Waals surface area contributed by atoms with E-state index < -0.39 is 5.82 Å². The third kappa shape index (κ3) is 3.54. The summed E-state index contributed by atoms with van der Waals surface area (Å²) in [5, 5.41) is 2.76. The minimum Gasteiger partial charge on any atom is -0.494 e. The predicted molar refractivity (Wildman–Crippen MR) is 73.2 cm³/mol. The monoisotopic (exact) mass is 274 g/mol. The molecule has 0 fully saturated rings. The summed E-state index contributed by atoms with van der Waals surface area (Å²) in [5.74, 6) is -0.371. The van der Waals surface area contributed by atoms with E-state index in [2.05, 4.69) is 10.3 Å². The molecule has 0 radical (unpaired) electrons. The molecule has 0 spiro atoms. The number of benzene rings is 1. The lowest BCUT2D eigenvalue weighted by molar-refractivity contribution is 0.0954. The van der Waals surface area contributed by atoms with Gasteiger partial charge in [0, 0.05) is 18.9 Å². The maximum Gasteiger partial charge on any atom is 0.252 e. The van der Waals surface area contributed by atoms with Crippen molar-refractivity contribution in [3.8, 4) is 5.75 Å². The Balaban J connectivity index is 1.87. The SMILES string of the molecule is COc1ccc(CCNC(=O)c2cccnc2)cc1F. The number of carbonyl (C=O) groups is 1. The Kier molecular flexibility index (Phi) is 4.65. The van der Waals surface area contributed by atoms with Gasteiger partial charge in [-0.15, -0.1) is 0 Å². The minimum atomic E-state index is -0.399. The molecule has 0 saturated carbocycles. The number of hydrogen-bond donors (Lipinski definition) is 1. The van der Waals surface area contributed by atoms with Crippen LogP contribution in [0.15, 0.2) is 42.7 Å². The van der Waals surface area contributed by atoms with Crippen LogP contribution in [-0.4, -0.2) is 24.5 Å². The number of halogens is 1. The fourth-order valence-electron chi connectivity index (χ4n) is 1.78. The zero-order valence-corrected chi connectivity index (χ0v) is 11.1. The van der Waals surface area contributed by atoms with Gasteiger partial charge in [0.05, 0.1) is 12.7 Å². The second-order valence-corrected chi connectivity index (χ2v) is 4.22. The second-order valence-electron chi connectivity index (χ2n) is 4.22. The van der Waals surface area contributed by atoms with Crippen LogP contribution in [0.4, 0.5) is 4.39 Å². The van der Waals surface area contributed by atoms with E-state index in [0.29, 0.717) is 18.5 Å². The Morgan fingerprint density at radius 3 is 2.90 bits per heavy atom. The van der Waals surface area contributed by atoms with Crippen molar-refractivity contribution in [1.82, 2.24) is 10.3 Å². The third-order valence-corrected chi connectivity index (χ3v) is 2.84. The highest BCUT2D eigenvalue weighted by molar-refractivity contribution is 5.93. The molecule has 0 saturated heterocycles. The van der Waals surface area contributed by atoms with E-state index >= 15 is 0 Å². The number of methoxy groups -OCH3 is 1.